The fraction of sp³-hybridized carbons (Fsp3) is 0.250. The first-order valence-corrected chi connectivity index (χ1v) is 6.58. The Labute approximate surface area is 132 Å². The third-order valence-electron chi connectivity index (χ3n) is 2.77. The Morgan fingerprint density at radius 3 is 2.23 bits per heavy atom. The van der Waals surface area contributed by atoms with Gasteiger partial charge in [-0.15, -0.1) is 0 Å². The van der Waals surface area contributed by atoms with Gasteiger partial charge in [0.25, 0.3) is 0 Å². The van der Waals surface area contributed by atoms with Crippen molar-refractivity contribution in [2.24, 2.45) is 0 Å². The van der Waals surface area contributed by atoms with Crippen molar-refractivity contribution < 1.29 is 41.0 Å². The molecule has 10 heteroatoms. The highest BCUT2D eigenvalue weighted by Crippen LogP contribution is 2.42. The summed E-state index contributed by atoms with van der Waals surface area (Å²) in [6.45, 7) is 0. The van der Waals surface area contributed by atoms with Crippen molar-refractivity contribution in [2.45, 2.75) is 18.5 Å². The van der Waals surface area contributed by atoms with Gasteiger partial charge in [0, 0.05) is 5.56 Å². The maximum absolute atomic E-state index is 12.8. The summed E-state index contributed by atoms with van der Waals surface area (Å²) in [6, 6.07) is 1.18. The molecule has 0 fully saturated rings. The molecule has 0 aliphatic carbocycles. The molecule has 1 aliphatic rings. The molecule has 0 saturated heterocycles. The number of ether oxygens (including phenoxy) is 1. The van der Waals surface area contributed by atoms with Crippen LogP contribution in [-0.2, 0) is 11.0 Å². The second kappa shape index (κ2) is 5.32. The standard InChI is InChI=1S/C12H5F6IO3/c13-11(14,15)5-1-4-2-6(10(20)21)9(12(16,17)18)22-8(4)7(19)3-5/h1-3,9H,(H,20,21). The van der Waals surface area contributed by atoms with Gasteiger partial charge in [-0.3, -0.25) is 0 Å². The number of halogens is 7. The molecule has 1 aliphatic heterocycles. The number of fused-ring (bicyclic) bond motifs is 1. The van der Waals surface area contributed by atoms with Crippen molar-refractivity contribution in [2.75, 3.05) is 0 Å². The smallest absolute Gasteiger partial charge is 0.430 e. The number of carbonyl (C=O) groups is 1. The molecule has 1 heterocycles. The van der Waals surface area contributed by atoms with Crippen molar-refractivity contribution in [1.82, 2.24) is 0 Å². The van der Waals surface area contributed by atoms with E-state index in [1.54, 1.807) is 0 Å². The van der Waals surface area contributed by atoms with Gasteiger partial charge in [0.05, 0.1) is 14.7 Å². The van der Waals surface area contributed by atoms with Gasteiger partial charge in [-0.1, -0.05) is 0 Å². The van der Waals surface area contributed by atoms with Gasteiger partial charge < -0.3 is 9.84 Å². The lowest BCUT2D eigenvalue weighted by Crippen LogP contribution is -2.40. The average Bonchev–Trinajstić information content (AvgIpc) is 2.34. The molecule has 1 unspecified atom stereocenters. The maximum atomic E-state index is 12.8. The number of hydrogen-bond acceptors (Lipinski definition) is 2. The van der Waals surface area contributed by atoms with Gasteiger partial charge in [0.2, 0.25) is 6.10 Å². The van der Waals surface area contributed by atoms with Crippen LogP contribution in [0.15, 0.2) is 17.7 Å². The minimum absolute atomic E-state index is 0.197. The summed E-state index contributed by atoms with van der Waals surface area (Å²) in [5.41, 5.74) is -2.64. The molecule has 0 saturated carbocycles. The monoisotopic (exact) mass is 438 g/mol. The fourth-order valence-corrected chi connectivity index (χ4v) is 2.63. The van der Waals surface area contributed by atoms with Crippen molar-refractivity contribution in [3.05, 3.63) is 32.4 Å². The van der Waals surface area contributed by atoms with E-state index >= 15 is 0 Å². The molecule has 1 aromatic carbocycles. The van der Waals surface area contributed by atoms with Crippen molar-refractivity contribution >= 4 is 34.6 Å². The molecular weight excluding hydrogens is 433 g/mol. The van der Waals surface area contributed by atoms with E-state index in [1.165, 1.54) is 22.6 Å². The lowest BCUT2D eigenvalue weighted by atomic mass is 9.99. The van der Waals surface area contributed by atoms with Crippen LogP contribution in [0.4, 0.5) is 26.3 Å². The van der Waals surface area contributed by atoms with Crippen molar-refractivity contribution in [3.8, 4) is 5.75 Å². The summed E-state index contributed by atoms with van der Waals surface area (Å²) < 4.78 is 81.0. The first-order chi connectivity index (χ1) is 9.91. The van der Waals surface area contributed by atoms with Gasteiger partial charge in [0.15, 0.2) is 0 Å². The third kappa shape index (κ3) is 3.15. The largest absolute Gasteiger partial charge is 0.478 e. The van der Waals surface area contributed by atoms with Crippen LogP contribution in [0.3, 0.4) is 0 Å². The molecule has 0 bridgehead atoms. The first kappa shape index (κ1) is 16.9. The molecule has 1 aromatic rings. The Bertz CT molecular complexity index is 662. The molecule has 1 atom stereocenters. The average molecular weight is 438 g/mol. The second-order valence-electron chi connectivity index (χ2n) is 4.32. The number of alkyl halides is 6. The molecule has 0 aromatic heterocycles. The zero-order valence-corrected chi connectivity index (χ0v) is 12.4. The Morgan fingerprint density at radius 1 is 1.18 bits per heavy atom. The summed E-state index contributed by atoms with van der Waals surface area (Å²) in [7, 11) is 0. The SMILES string of the molecule is O=C(O)C1=Cc2cc(C(F)(F)F)cc(I)c2OC1C(F)(F)F. The quantitative estimate of drug-likeness (QED) is 0.531. The predicted octanol–water partition coefficient (Wildman–Crippen LogP) is 4.10. The summed E-state index contributed by atoms with van der Waals surface area (Å²) in [6.07, 6.45) is -11.9. The predicted molar refractivity (Wildman–Crippen MR) is 70.2 cm³/mol. The minimum Gasteiger partial charge on any atom is -0.478 e. The summed E-state index contributed by atoms with van der Waals surface area (Å²) in [5, 5.41) is 8.82. The highest BCUT2D eigenvalue weighted by molar-refractivity contribution is 14.1. The normalized spacial score (nSPS) is 18.3. The summed E-state index contributed by atoms with van der Waals surface area (Å²) >= 11 is 1.40. The van der Waals surface area contributed by atoms with Crippen LogP contribution < -0.4 is 4.74 Å². The van der Waals surface area contributed by atoms with Crippen LogP contribution in [0, 0.1) is 3.57 Å². The molecule has 3 nitrogen and oxygen atoms in total. The van der Waals surface area contributed by atoms with E-state index in [0.717, 1.165) is 0 Å². The Balaban J connectivity index is 2.64. The van der Waals surface area contributed by atoms with E-state index in [4.69, 9.17) is 5.11 Å². The number of benzene rings is 1. The highest BCUT2D eigenvalue weighted by atomic mass is 127. The lowest BCUT2D eigenvalue weighted by Gasteiger charge is -2.28. The number of hydrogen-bond donors (Lipinski definition) is 1. The van der Waals surface area contributed by atoms with Crippen LogP contribution in [-0.4, -0.2) is 23.4 Å². The Hall–Kier alpha value is -1.46. The fourth-order valence-electron chi connectivity index (χ4n) is 1.85. The minimum atomic E-state index is -5.01. The van der Waals surface area contributed by atoms with E-state index in [0.29, 0.717) is 18.2 Å². The zero-order valence-electron chi connectivity index (χ0n) is 10.2. The molecular formula is C12H5F6IO3. The van der Waals surface area contributed by atoms with Crippen LogP contribution in [0.25, 0.3) is 6.08 Å². The van der Waals surface area contributed by atoms with Gasteiger partial charge in [-0.2, -0.15) is 26.3 Å². The molecule has 0 radical (unpaired) electrons. The number of carboxylic acid groups (broad SMARTS) is 1. The van der Waals surface area contributed by atoms with Crippen molar-refractivity contribution in [1.29, 1.82) is 0 Å². The van der Waals surface area contributed by atoms with Crippen LogP contribution >= 0.6 is 22.6 Å². The summed E-state index contributed by atoms with van der Waals surface area (Å²) in [5.74, 6) is -2.35. The number of rotatable bonds is 1. The lowest BCUT2D eigenvalue weighted by molar-refractivity contribution is -0.187. The van der Waals surface area contributed by atoms with E-state index in [1.807, 2.05) is 0 Å². The molecule has 2 rings (SSSR count). The van der Waals surface area contributed by atoms with Gasteiger partial charge in [-0.05, 0) is 40.8 Å². The van der Waals surface area contributed by atoms with Crippen LogP contribution in [0.2, 0.25) is 0 Å². The molecule has 0 spiro atoms. The maximum Gasteiger partial charge on any atom is 0.430 e. The van der Waals surface area contributed by atoms with Gasteiger partial charge in [0.1, 0.15) is 5.75 Å². The van der Waals surface area contributed by atoms with E-state index in [9.17, 15) is 31.1 Å². The van der Waals surface area contributed by atoms with Crippen LogP contribution in [0.1, 0.15) is 11.1 Å². The van der Waals surface area contributed by atoms with Crippen molar-refractivity contribution in [3.63, 3.8) is 0 Å². The third-order valence-corrected chi connectivity index (χ3v) is 3.57. The Kier molecular flexibility index (Phi) is 4.09. The summed E-state index contributed by atoms with van der Waals surface area (Å²) in [4.78, 5) is 10.9. The zero-order chi connectivity index (χ0) is 16.9. The number of aliphatic carboxylic acids is 1. The Morgan fingerprint density at radius 2 is 1.77 bits per heavy atom. The highest BCUT2D eigenvalue weighted by Gasteiger charge is 2.49. The topological polar surface area (TPSA) is 46.5 Å². The van der Waals surface area contributed by atoms with Gasteiger partial charge in [-0.25, -0.2) is 4.79 Å². The van der Waals surface area contributed by atoms with Gasteiger partial charge >= 0.3 is 18.3 Å². The molecule has 120 valence electrons. The van der Waals surface area contributed by atoms with E-state index < -0.39 is 41.3 Å². The molecule has 0 amide bonds. The molecule has 22 heavy (non-hydrogen) atoms. The first-order valence-electron chi connectivity index (χ1n) is 5.50. The van der Waals surface area contributed by atoms with E-state index in [-0.39, 0.29) is 9.13 Å². The van der Waals surface area contributed by atoms with Crippen LogP contribution in [0.5, 0.6) is 5.75 Å². The molecule has 1 N–H and O–H groups in total. The number of carboxylic acids is 1. The van der Waals surface area contributed by atoms with E-state index in [2.05, 4.69) is 4.74 Å². The second-order valence-corrected chi connectivity index (χ2v) is 5.48.